The van der Waals surface area contributed by atoms with Crippen LogP contribution in [0.1, 0.15) is 12.8 Å². The summed E-state index contributed by atoms with van der Waals surface area (Å²) in [5.74, 6) is -0.371. The lowest BCUT2D eigenvalue weighted by Crippen LogP contribution is -2.30. The van der Waals surface area contributed by atoms with E-state index in [2.05, 4.69) is 14.8 Å². The lowest BCUT2D eigenvalue weighted by molar-refractivity contribution is -0.145. The molecule has 1 atom stereocenters. The zero-order chi connectivity index (χ0) is 13.0. The number of hydrogen-bond acceptors (Lipinski definition) is 5. The van der Waals surface area contributed by atoms with Gasteiger partial charge in [-0.3, -0.25) is 14.3 Å². The molecule has 0 bridgehead atoms. The minimum Gasteiger partial charge on any atom is -0.469 e. The van der Waals surface area contributed by atoms with Crippen molar-refractivity contribution in [1.29, 1.82) is 0 Å². The molecule has 0 radical (unpaired) electrons. The molecule has 1 unspecified atom stereocenters. The molecule has 0 aliphatic carbocycles. The maximum atomic E-state index is 11.9. The van der Waals surface area contributed by atoms with Crippen LogP contribution in [0.5, 0.6) is 0 Å². The highest BCUT2D eigenvalue weighted by Crippen LogP contribution is 2.18. The van der Waals surface area contributed by atoms with Crippen LogP contribution >= 0.6 is 0 Å². The van der Waals surface area contributed by atoms with Crippen molar-refractivity contribution < 1.29 is 14.3 Å². The van der Waals surface area contributed by atoms with E-state index >= 15 is 0 Å². The standard InChI is InChI=1S/C11H16N4O3/c1-18-11(17)9-2-4-14(6-9)10(16)3-5-15-8-12-7-13-15/h7-9H,2-6H2,1H3. The van der Waals surface area contributed by atoms with Gasteiger partial charge in [-0.05, 0) is 6.42 Å². The minimum absolute atomic E-state index is 0.0388. The quantitative estimate of drug-likeness (QED) is 0.687. The van der Waals surface area contributed by atoms with Crippen molar-refractivity contribution >= 4 is 11.9 Å². The van der Waals surface area contributed by atoms with E-state index in [1.54, 1.807) is 15.9 Å². The maximum Gasteiger partial charge on any atom is 0.310 e. The highest BCUT2D eigenvalue weighted by molar-refractivity contribution is 5.79. The molecule has 0 spiro atoms. The Morgan fingerprint density at radius 3 is 3.00 bits per heavy atom. The highest BCUT2D eigenvalue weighted by atomic mass is 16.5. The van der Waals surface area contributed by atoms with E-state index in [0.717, 1.165) is 0 Å². The predicted molar refractivity (Wildman–Crippen MR) is 61.3 cm³/mol. The summed E-state index contributed by atoms with van der Waals surface area (Å²) in [6.45, 7) is 1.59. The summed E-state index contributed by atoms with van der Waals surface area (Å²) in [7, 11) is 1.37. The van der Waals surface area contributed by atoms with Crippen LogP contribution < -0.4 is 0 Å². The number of carbonyl (C=O) groups is 2. The molecular weight excluding hydrogens is 236 g/mol. The maximum absolute atomic E-state index is 11.9. The van der Waals surface area contributed by atoms with Gasteiger partial charge in [0.05, 0.1) is 19.6 Å². The van der Waals surface area contributed by atoms with Gasteiger partial charge in [-0.2, -0.15) is 5.10 Å². The first-order valence-corrected chi connectivity index (χ1v) is 5.88. The highest BCUT2D eigenvalue weighted by Gasteiger charge is 2.31. The largest absolute Gasteiger partial charge is 0.469 e. The number of carbonyl (C=O) groups excluding carboxylic acids is 2. The van der Waals surface area contributed by atoms with Crippen molar-refractivity contribution in [3.8, 4) is 0 Å². The summed E-state index contributed by atoms with van der Waals surface area (Å²) >= 11 is 0. The van der Waals surface area contributed by atoms with Crippen molar-refractivity contribution in [2.24, 2.45) is 5.92 Å². The molecule has 7 heteroatoms. The average Bonchev–Trinajstić information content (AvgIpc) is 3.05. The number of esters is 1. The molecule has 1 aromatic rings. The first-order chi connectivity index (χ1) is 8.70. The number of amides is 1. The van der Waals surface area contributed by atoms with Crippen LogP contribution in [0.15, 0.2) is 12.7 Å². The summed E-state index contributed by atoms with van der Waals surface area (Å²) in [5.41, 5.74) is 0. The fraction of sp³-hybridized carbons (Fsp3) is 0.636. The van der Waals surface area contributed by atoms with E-state index in [4.69, 9.17) is 0 Å². The molecule has 98 valence electrons. The summed E-state index contributed by atoms with van der Waals surface area (Å²) in [6, 6.07) is 0. The molecule has 0 saturated carbocycles. The monoisotopic (exact) mass is 252 g/mol. The van der Waals surface area contributed by atoms with Crippen LogP contribution in [-0.4, -0.2) is 51.7 Å². The van der Waals surface area contributed by atoms with E-state index in [1.807, 2.05) is 0 Å². The second-order valence-corrected chi connectivity index (χ2v) is 4.26. The number of nitrogens with zero attached hydrogens (tertiary/aromatic N) is 4. The van der Waals surface area contributed by atoms with Crippen molar-refractivity contribution in [2.75, 3.05) is 20.2 Å². The number of methoxy groups -OCH3 is 1. The van der Waals surface area contributed by atoms with Gasteiger partial charge in [-0.25, -0.2) is 4.98 Å². The third-order valence-corrected chi connectivity index (χ3v) is 3.10. The molecule has 1 fully saturated rings. The summed E-state index contributed by atoms with van der Waals surface area (Å²) < 4.78 is 6.30. The number of ether oxygens (including phenoxy) is 1. The van der Waals surface area contributed by atoms with Gasteiger partial charge in [0, 0.05) is 19.5 Å². The van der Waals surface area contributed by atoms with E-state index in [1.165, 1.54) is 13.4 Å². The van der Waals surface area contributed by atoms with Crippen molar-refractivity contribution in [3.63, 3.8) is 0 Å². The molecule has 0 N–H and O–H groups in total. The molecule has 18 heavy (non-hydrogen) atoms. The SMILES string of the molecule is COC(=O)C1CCN(C(=O)CCn2cncn2)C1. The van der Waals surface area contributed by atoms with E-state index in [0.29, 0.717) is 32.5 Å². The Labute approximate surface area is 105 Å². The molecule has 1 amide bonds. The third kappa shape index (κ3) is 2.85. The van der Waals surface area contributed by atoms with Gasteiger partial charge in [-0.1, -0.05) is 0 Å². The Hall–Kier alpha value is -1.92. The molecule has 2 heterocycles. The minimum atomic E-state index is -0.235. The van der Waals surface area contributed by atoms with Crippen LogP contribution in [0.3, 0.4) is 0 Å². The van der Waals surface area contributed by atoms with Crippen LogP contribution in [0.2, 0.25) is 0 Å². The lowest BCUT2D eigenvalue weighted by atomic mass is 10.1. The van der Waals surface area contributed by atoms with Gasteiger partial charge in [-0.15, -0.1) is 0 Å². The Kier molecular flexibility index (Phi) is 3.91. The fourth-order valence-corrected chi connectivity index (χ4v) is 2.06. The Morgan fingerprint density at radius 1 is 1.50 bits per heavy atom. The lowest BCUT2D eigenvalue weighted by Gasteiger charge is -2.15. The smallest absolute Gasteiger partial charge is 0.310 e. The van der Waals surface area contributed by atoms with Gasteiger partial charge in [0.25, 0.3) is 0 Å². The van der Waals surface area contributed by atoms with Crippen LogP contribution in [0, 0.1) is 5.92 Å². The Morgan fingerprint density at radius 2 is 2.33 bits per heavy atom. The first-order valence-electron chi connectivity index (χ1n) is 5.88. The molecule has 7 nitrogen and oxygen atoms in total. The van der Waals surface area contributed by atoms with Gasteiger partial charge < -0.3 is 9.64 Å². The second kappa shape index (κ2) is 5.61. The van der Waals surface area contributed by atoms with Gasteiger partial charge in [0.2, 0.25) is 5.91 Å². The zero-order valence-corrected chi connectivity index (χ0v) is 10.3. The van der Waals surface area contributed by atoms with Crippen LogP contribution in [0.4, 0.5) is 0 Å². The van der Waals surface area contributed by atoms with Gasteiger partial charge in [0.15, 0.2) is 0 Å². The number of likely N-dealkylation sites (tertiary alicyclic amines) is 1. The Bertz CT molecular complexity index is 418. The normalized spacial score (nSPS) is 18.9. The number of hydrogen-bond donors (Lipinski definition) is 0. The molecule has 1 aliphatic rings. The second-order valence-electron chi connectivity index (χ2n) is 4.26. The number of rotatable bonds is 4. The number of aryl methyl sites for hydroxylation is 1. The van der Waals surface area contributed by atoms with Crippen LogP contribution in [0.25, 0.3) is 0 Å². The van der Waals surface area contributed by atoms with E-state index < -0.39 is 0 Å². The topological polar surface area (TPSA) is 77.3 Å². The van der Waals surface area contributed by atoms with Crippen molar-refractivity contribution in [2.45, 2.75) is 19.4 Å². The van der Waals surface area contributed by atoms with E-state index in [9.17, 15) is 9.59 Å². The molecule has 1 saturated heterocycles. The fourth-order valence-electron chi connectivity index (χ4n) is 2.06. The molecular formula is C11H16N4O3. The summed E-state index contributed by atoms with van der Waals surface area (Å²) in [4.78, 5) is 28.8. The summed E-state index contributed by atoms with van der Waals surface area (Å²) in [6.07, 6.45) is 4.07. The predicted octanol–water partition coefficient (Wildman–Crippen LogP) is -0.310. The van der Waals surface area contributed by atoms with Crippen molar-refractivity contribution in [3.05, 3.63) is 12.7 Å². The van der Waals surface area contributed by atoms with Gasteiger partial charge >= 0.3 is 5.97 Å². The Balaban J connectivity index is 1.78. The average molecular weight is 252 g/mol. The number of aromatic nitrogens is 3. The van der Waals surface area contributed by atoms with Crippen LogP contribution in [-0.2, 0) is 20.9 Å². The summed E-state index contributed by atoms with van der Waals surface area (Å²) in [5, 5.41) is 3.93. The zero-order valence-electron chi connectivity index (χ0n) is 10.3. The first kappa shape index (κ1) is 12.5. The molecule has 0 aromatic carbocycles. The third-order valence-electron chi connectivity index (χ3n) is 3.10. The molecule has 1 aliphatic heterocycles. The van der Waals surface area contributed by atoms with Gasteiger partial charge in [0.1, 0.15) is 12.7 Å². The molecule has 1 aromatic heterocycles. The van der Waals surface area contributed by atoms with E-state index in [-0.39, 0.29) is 17.8 Å². The molecule has 2 rings (SSSR count). The van der Waals surface area contributed by atoms with Crippen molar-refractivity contribution in [1.82, 2.24) is 19.7 Å².